The monoisotopic (exact) mass is 361 g/mol. The first kappa shape index (κ1) is 18.8. The molecule has 0 radical (unpaired) electrons. The summed E-state index contributed by atoms with van der Waals surface area (Å²) in [6.45, 7) is 6.32. The Morgan fingerprint density at radius 3 is 2.58 bits per heavy atom. The summed E-state index contributed by atoms with van der Waals surface area (Å²) in [7, 11) is 1.40. The van der Waals surface area contributed by atoms with Gasteiger partial charge in [0.2, 0.25) is 0 Å². The van der Waals surface area contributed by atoms with Gasteiger partial charge >= 0.3 is 6.18 Å². The fraction of sp³-hybridized carbons (Fsp3) is 0.562. The van der Waals surface area contributed by atoms with E-state index in [0.717, 1.165) is 16.0 Å². The van der Waals surface area contributed by atoms with Crippen molar-refractivity contribution >= 4 is 17.0 Å². The van der Waals surface area contributed by atoms with Crippen LogP contribution in [-0.4, -0.2) is 14.9 Å². The number of aliphatic hydroxyl groups excluding tert-OH is 1. The van der Waals surface area contributed by atoms with Crippen molar-refractivity contribution in [3.63, 3.8) is 0 Å². The molecule has 134 valence electrons. The summed E-state index contributed by atoms with van der Waals surface area (Å²) in [5, 5.41) is 18.4. The Bertz CT molecular complexity index is 678. The van der Waals surface area contributed by atoms with Crippen LogP contribution in [0, 0.1) is 5.92 Å². The zero-order valence-corrected chi connectivity index (χ0v) is 14.9. The molecule has 0 saturated heterocycles. The van der Waals surface area contributed by atoms with Gasteiger partial charge in [-0.2, -0.15) is 18.3 Å². The number of anilines is 1. The van der Waals surface area contributed by atoms with E-state index in [0.29, 0.717) is 11.6 Å². The number of halogens is 3. The van der Waals surface area contributed by atoms with E-state index in [9.17, 15) is 18.3 Å². The summed E-state index contributed by atoms with van der Waals surface area (Å²) < 4.78 is 40.2. The number of aromatic nitrogens is 2. The van der Waals surface area contributed by atoms with Crippen molar-refractivity contribution in [2.24, 2.45) is 13.0 Å². The number of nitrogens with one attached hydrogen (secondary N) is 1. The van der Waals surface area contributed by atoms with Gasteiger partial charge < -0.3 is 10.4 Å². The number of hydrogen-bond acceptors (Lipinski definition) is 4. The van der Waals surface area contributed by atoms with Gasteiger partial charge in [0.05, 0.1) is 11.3 Å². The second kappa shape index (κ2) is 7.14. The molecule has 0 fully saturated rings. The molecule has 0 aliphatic carbocycles. The third kappa shape index (κ3) is 4.30. The maximum Gasteiger partial charge on any atom is 0.435 e. The Hall–Kier alpha value is -1.54. The van der Waals surface area contributed by atoms with Crippen LogP contribution in [0.5, 0.6) is 0 Å². The van der Waals surface area contributed by atoms with Gasteiger partial charge in [0, 0.05) is 18.1 Å². The Labute approximate surface area is 143 Å². The molecule has 2 aromatic heterocycles. The summed E-state index contributed by atoms with van der Waals surface area (Å²) >= 11 is 1.54. The summed E-state index contributed by atoms with van der Waals surface area (Å²) in [5.41, 5.74) is -0.687. The molecule has 0 amide bonds. The molecule has 2 aromatic rings. The van der Waals surface area contributed by atoms with Crippen molar-refractivity contribution in [1.29, 1.82) is 0 Å². The summed E-state index contributed by atoms with van der Waals surface area (Å²) in [4.78, 5) is 1.03. The normalized spacial score (nSPS) is 14.9. The molecule has 0 saturated carbocycles. The molecule has 0 spiro atoms. The van der Waals surface area contributed by atoms with Gasteiger partial charge in [-0.3, -0.25) is 4.68 Å². The molecule has 2 heterocycles. The van der Waals surface area contributed by atoms with Crippen molar-refractivity contribution in [3.8, 4) is 0 Å². The van der Waals surface area contributed by atoms with Gasteiger partial charge in [0.25, 0.3) is 0 Å². The standard InChI is InChI=1S/C16H22F3N3OS/c1-9(2)7-10(3)13-12(5-6-24-13)20-15(23)11-8-22(4)21-14(11)16(17,18)19/h5-6,8-10,15,20,23H,7H2,1-4H3. The molecule has 8 heteroatoms. The Morgan fingerprint density at radius 1 is 1.33 bits per heavy atom. The van der Waals surface area contributed by atoms with Crippen LogP contribution < -0.4 is 5.32 Å². The molecule has 2 atom stereocenters. The van der Waals surface area contributed by atoms with Crippen LogP contribution >= 0.6 is 11.3 Å². The lowest BCUT2D eigenvalue weighted by Gasteiger charge is -2.19. The van der Waals surface area contributed by atoms with E-state index >= 15 is 0 Å². The molecule has 2 rings (SSSR count). The number of hydrogen-bond donors (Lipinski definition) is 2. The Balaban J connectivity index is 2.23. The fourth-order valence-corrected chi connectivity index (χ4v) is 3.72. The molecule has 0 aliphatic rings. The number of nitrogens with zero attached hydrogens (tertiary/aromatic N) is 2. The van der Waals surface area contributed by atoms with Crippen LogP contribution in [0.15, 0.2) is 17.6 Å². The zero-order valence-electron chi connectivity index (χ0n) is 14.1. The largest absolute Gasteiger partial charge is 0.435 e. The van der Waals surface area contributed by atoms with Crippen LogP contribution in [-0.2, 0) is 13.2 Å². The smallest absolute Gasteiger partial charge is 0.369 e. The van der Waals surface area contributed by atoms with E-state index in [4.69, 9.17) is 0 Å². The van der Waals surface area contributed by atoms with E-state index in [1.54, 1.807) is 6.07 Å². The summed E-state index contributed by atoms with van der Waals surface area (Å²) in [6.07, 6.45) is -3.94. The van der Waals surface area contributed by atoms with Crippen molar-refractivity contribution in [1.82, 2.24) is 9.78 Å². The molecule has 0 bridgehead atoms. The van der Waals surface area contributed by atoms with Gasteiger partial charge in [-0.15, -0.1) is 11.3 Å². The first-order valence-corrected chi connectivity index (χ1v) is 8.60. The van der Waals surface area contributed by atoms with Gasteiger partial charge in [0.1, 0.15) is 0 Å². The van der Waals surface area contributed by atoms with Crippen molar-refractivity contribution < 1.29 is 18.3 Å². The minimum Gasteiger partial charge on any atom is -0.369 e. The third-order valence-corrected chi connectivity index (χ3v) is 4.83. The minimum atomic E-state index is -4.61. The quantitative estimate of drug-likeness (QED) is 0.730. The van der Waals surface area contributed by atoms with Crippen LogP contribution in [0.1, 0.15) is 55.5 Å². The van der Waals surface area contributed by atoms with Gasteiger partial charge in [-0.1, -0.05) is 20.8 Å². The molecular weight excluding hydrogens is 339 g/mol. The van der Waals surface area contributed by atoms with Crippen LogP contribution in [0.2, 0.25) is 0 Å². The van der Waals surface area contributed by atoms with Crippen LogP contribution in [0.3, 0.4) is 0 Å². The van der Waals surface area contributed by atoms with Gasteiger partial charge in [-0.25, -0.2) is 0 Å². The zero-order chi connectivity index (χ0) is 18.1. The SMILES string of the molecule is CC(C)CC(C)c1sccc1NC(O)c1cn(C)nc1C(F)(F)F. The average Bonchev–Trinajstić information content (AvgIpc) is 3.03. The predicted molar refractivity (Wildman–Crippen MR) is 89.0 cm³/mol. The molecule has 0 aliphatic heterocycles. The predicted octanol–water partition coefficient (Wildman–Crippen LogP) is 4.75. The topological polar surface area (TPSA) is 50.1 Å². The van der Waals surface area contributed by atoms with Crippen molar-refractivity contribution in [2.75, 3.05) is 5.32 Å². The third-order valence-electron chi connectivity index (χ3n) is 3.68. The highest BCUT2D eigenvalue weighted by molar-refractivity contribution is 7.10. The summed E-state index contributed by atoms with van der Waals surface area (Å²) in [6, 6.07) is 1.78. The van der Waals surface area contributed by atoms with E-state index in [-0.39, 0.29) is 11.5 Å². The van der Waals surface area contributed by atoms with Crippen molar-refractivity contribution in [3.05, 3.63) is 33.8 Å². The van der Waals surface area contributed by atoms with Crippen LogP contribution in [0.4, 0.5) is 18.9 Å². The maximum atomic E-state index is 13.0. The van der Waals surface area contributed by atoms with Gasteiger partial charge in [-0.05, 0) is 29.7 Å². The number of aryl methyl sites for hydroxylation is 1. The highest BCUT2D eigenvalue weighted by atomic mass is 32.1. The minimum absolute atomic E-state index is 0.260. The number of rotatable bonds is 6. The molecule has 2 unspecified atom stereocenters. The highest BCUT2D eigenvalue weighted by Gasteiger charge is 2.38. The van der Waals surface area contributed by atoms with Gasteiger partial charge in [0.15, 0.2) is 11.9 Å². The number of thiophene rings is 1. The maximum absolute atomic E-state index is 13.0. The molecule has 4 nitrogen and oxygen atoms in total. The number of aliphatic hydroxyl groups is 1. The molecule has 24 heavy (non-hydrogen) atoms. The highest BCUT2D eigenvalue weighted by Crippen LogP contribution is 2.37. The Morgan fingerprint density at radius 2 is 2.00 bits per heavy atom. The Kier molecular flexibility index (Phi) is 5.59. The second-order valence-electron chi connectivity index (χ2n) is 6.38. The lowest BCUT2D eigenvalue weighted by Crippen LogP contribution is -2.16. The van der Waals surface area contributed by atoms with Crippen LogP contribution in [0.25, 0.3) is 0 Å². The lowest BCUT2D eigenvalue weighted by molar-refractivity contribution is -0.142. The second-order valence-corrected chi connectivity index (χ2v) is 7.33. The van der Waals surface area contributed by atoms with E-state index in [2.05, 4.69) is 31.2 Å². The number of alkyl halides is 3. The van der Waals surface area contributed by atoms with Crippen molar-refractivity contribution in [2.45, 2.75) is 45.5 Å². The van der Waals surface area contributed by atoms with E-state index in [1.807, 2.05) is 5.38 Å². The summed E-state index contributed by atoms with van der Waals surface area (Å²) in [5.74, 6) is 0.769. The lowest BCUT2D eigenvalue weighted by atomic mass is 9.97. The molecular formula is C16H22F3N3OS. The molecule has 2 N–H and O–H groups in total. The van der Waals surface area contributed by atoms with E-state index < -0.39 is 18.1 Å². The first-order valence-electron chi connectivity index (χ1n) is 7.72. The fourth-order valence-electron chi connectivity index (χ4n) is 2.79. The first-order chi connectivity index (χ1) is 11.1. The molecule has 0 aromatic carbocycles. The van der Waals surface area contributed by atoms with E-state index in [1.165, 1.54) is 24.6 Å². The average molecular weight is 361 g/mol.